The molecular formula is C14H16N4S. The summed E-state index contributed by atoms with van der Waals surface area (Å²) < 4.78 is 0. The zero-order valence-electron chi connectivity index (χ0n) is 11.3. The fourth-order valence-corrected chi connectivity index (χ4v) is 2.61. The molecule has 0 aliphatic heterocycles. The molecule has 0 aliphatic rings. The van der Waals surface area contributed by atoms with Crippen molar-refractivity contribution in [3.8, 4) is 23.6 Å². The maximum absolute atomic E-state index is 5.25. The number of rotatable bonds is 4. The molecule has 2 rings (SSSR count). The van der Waals surface area contributed by atoms with Gasteiger partial charge in [-0.2, -0.15) is 0 Å². The molecule has 2 heterocycles. The lowest BCUT2D eigenvalue weighted by Gasteiger charge is -2.15. The summed E-state index contributed by atoms with van der Waals surface area (Å²) in [6.07, 6.45) is 9.57. The molecule has 0 N–H and O–H groups in total. The van der Waals surface area contributed by atoms with Crippen LogP contribution in [0, 0.1) is 26.2 Å². The third kappa shape index (κ3) is 3.09. The molecule has 0 unspecified atom stereocenters. The minimum absolute atomic E-state index is 0.684. The van der Waals surface area contributed by atoms with Crippen LogP contribution in [0.15, 0.2) is 12.4 Å². The zero-order valence-corrected chi connectivity index (χ0v) is 12.2. The predicted octanol–water partition coefficient (Wildman–Crippen LogP) is 2.68. The molecular weight excluding hydrogens is 256 g/mol. The van der Waals surface area contributed by atoms with Crippen LogP contribution in [-0.2, 0) is 0 Å². The van der Waals surface area contributed by atoms with Crippen molar-refractivity contribution in [3.05, 3.63) is 22.3 Å². The minimum Gasteiger partial charge on any atom is -0.343 e. The molecule has 4 nitrogen and oxygen atoms in total. The third-order valence-electron chi connectivity index (χ3n) is 2.75. The molecule has 2 aromatic rings. The maximum Gasteiger partial charge on any atom is 0.225 e. The summed E-state index contributed by atoms with van der Waals surface area (Å²) in [5, 5.41) is 1.06. The quantitative estimate of drug-likeness (QED) is 0.803. The Morgan fingerprint density at radius 1 is 1.32 bits per heavy atom. The van der Waals surface area contributed by atoms with Crippen molar-refractivity contribution in [3.63, 3.8) is 0 Å². The zero-order chi connectivity index (χ0) is 13.8. The van der Waals surface area contributed by atoms with E-state index in [9.17, 15) is 0 Å². The number of thiazole rings is 1. The number of aromatic nitrogens is 3. The maximum atomic E-state index is 5.25. The molecule has 98 valence electrons. The van der Waals surface area contributed by atoms with E-state index in [1.165, 1.54) is 4.88 Å². The second-order valence-electron chi connectivity index (χ2n) is 4.29. The highest BCUT2D eigenvalue weighted by Gasteiger charge is 2.09. The van der Waals surface area contributed by atoms with Gasteiger partial charge in [0.2, 0.25) is 5.95 Å². The highest BCUT2D eigenvalue weighted by molar-refractivity contribution is 7.11. The van der Waals surface area contributed by atoms with Gasteiger partial charge >= 0.3 is 0 Å². The monoisotopic (exact) mass is 272 g/mol. The lowest BCUT2D eigenvalue weighted by atomic mass is 10.2. The Morgan fingerprint density at radius 3 is 2.53 bits per heavy atom. The van der Waals surface area contributed by atoms with Crippen molar-refractivity contribution in [2.75, 3.05) is 18.5 Å². The van der Waals surface area contributed by atoms with Crippen LogP contribution in [0.1, 0.15) is 16.3 Å². The SMILES string of the molecule is C#CCCN(C)c1ncc(-c2nc(C)sc2C)cn1. The summed E-state index contributed by atoms with van der Waals surface area (Å²) >= 11 is 1.69. The van der Waals surface area contributed by atoms with Gasteiger partial charge in [0.05, 0.1) is 10.7 Å². The van der Waals surface area contributed by atoms with Gasteiger partial charge in [-0.25, -0.2) is 15.0 Å². The molecule has 2 aromatic heterocycles. The number of hydrogen-bond acceptors (Lipinski definition) is 5. The number of anilines is 1. The van der Waals surface area contributed by atoms with Gasteiger partial charge < -0.3 is 4.90 Å². The molecule has 0 bridgehead atoms. The van der Waals surface area contributed by atoms with Crippen LogP contribution in [0.25, 0.3) is 11.3 Å². The van der Waals surface area contributed by atoms with Gasteiger partial charge in [0.15, 0.2) is 0 Å². The van der Waals surface area contributed by atoms with Crippen molar-refractivity contribution in [2.45, 2.75) is 20.3 Å². The molecule has 5 heteroatoms. The lowest BCUT2D eigenvalue weighted by Crippen LogP contribution is -2.20. The first-order chi connectivity index (χ1) is 9.11. The van der Waals surface area contributed by atoms with E-state index in [1.807, 2.05) is 31.3 Å². The molecule has 0 saturated carbocycles. The Morgan fingerprint density at radius 2 is 2.00 bits per heavy atom. The van der Waals surface area contributed by atoms with Gasteiger partial charge in [-0.1, -0.05) is 0 Å². The van der Waals surface area contributed by atoms with E-state index in [0.29, 0.717) is 12.4 Å². The normalized spacial score (nSPS) is 10.2. The largest absolute Gasteiger partial charge is 0.343 e. The Labute approximate surface area is 117 Å². The highest BCUT2D eigenvalue weighted by atomic mass is 32.1. The first-order valence-electron chi connectivity index (χ1n) is 6.03. The average molecular weight is 272 g/mol. The molecule has 0 spiro atoms. The molecule has 0 saturated heterocycles. The predicted molar refractivity (Wildman–Crippen MR) is 79.3 cm³/mol. The fraction of sp³-hybridized carbons (Fsp3) is 0.357. The molecule has 0 aliphatic carbocycles. The molecule has 19 heavy (non-hydrogen) atoms. The van der Waals surface area contributed by atoms with Gasteiger partial charge in [-0.3, -0.25) is 0 Å². The van der Waals surface area contributed by atoms with Gasteiger partial charge in [0.25, 0.3) is 0 Å². The molecule has 0 radical (unpaired) electrons. The van der Waals surface area contributed by atoms with E-state index in [2.05, 4.69) is 27.8 Å². The van der Waals surface area contributed by atoms with Crippen LogP contribution in [0.4, 0.5) is 5.95 Å². The minimum atomic E-state index is 0.684. The van der Waals surface area contributed by atoms with Crippen LogP contribution in [0.2, 0.25) is 0 Å². The van der Waals surface area contributed by atoms with E-state index < -0.39 is 0 Å². The first-order valence-corrected chi connectivity index (χ1v) is 6.84. The standard InChI is InChI=1S/C14H16N4S/c1-5-6-7-18(4)14-15-8-12(9-16-14)13-10(2)19-11(3)17-13/h1,8-9H,6-7H2,2-4H3. The number of nitrogens with zero attached hydrogens (tertiary/aromatic N) is 4. The van der Waals surface area contributed by atoms with E-state index in [1.54, 1.807) is 11.3 Å². The summed E-state index contributed by atoms with van der Waals surface area (Å²) in [7, 11) is 1.94. The average Bonchev–Trinajstić information content (AvgIpc) is 2.75. The van der Waals surface area contributed by atoms with Crippen molar-refractivity contribution in [1.29, 1.82) is 0 Å². The van der Waals surface area contributed by atoms with Gasteiger partial charge in [-0.15, -0.1) is 23.7 Å². The molecule has 0 amide bonds. The lowest BCUT2D eigenvalue weighted by molar-refractivity contribution is 0.864. The summed E-state index contributed by atoms with van der Waals surface area (Å²) in [6, 6.07) is 0. The number of terminal acetylenes is 1. The highest BCUT2D eigenvalue weighted by Crippen LogP contribution is 2.26. The van der Waals surface area contributed by atoms with Crippen LogP contribution in [0.3, 0.4) is 0 Å². The van der Waals surface area contributed by atoms with Crippen LogP contribution in [0.5, 0.6) is 0 Å². The second-order valence-corrected chi connectivity index (χ2v) is 5.69. The summed E-state index contributed by atoms with van der Waals surface area (Å²) in [4.78, 5) is 16.4. The number of aryl methyl sites for hydroxylation is 2. The smallest absolute Gasteiger partial charge is 0.225 e. The molecule has 0 aromatic carbocycles. The Hall–Kier alpha value is -1.93. The molecule has 0 atom stereocenters. The second kappa shape index (κ2) is 5.81. The van der Waals surface area contributed by atoms with Crippen molar-refractivity contribution in [2.24, 2.45) is 0 Å². The van der Waals surface area contributed by atoms with Gasteiger partial charge in [0, 0.05) is 42.8 Å². The van der Waals surface area contributed by atoms with Crippen LogP contribution >= 0.6 is 11.3 Å². The molecule has 0 fully saturated rings. The summed E-state index contributed by atoms with van der Waals surface area (Å²) in [6.45, 7) is 4.82. The number of hydrogen-bond donors (Lipinski definition) is 0. The third-order valence-corrected chi connectivity index (χ3v) is 3.63. The van der Waals surface area contributed by atoms with Crippen molar-refractivity contribution in [1.82, 2.24) is 15.0 Å². The topological polar surface area (TPSA) is 41.9 Å². The summed E-state index contributed by atoms with van der Waals surface area (Å²) in [5.74, 6) is 3.29. The van der Waals surface area contributed by atoms with Crippen LogP contribution < -0.4 is 4.90 Å². The van der Waals surface area contributed by atoms with Crippen molar-refractivity contribution >= 4 is 17.3 Å². The Balaban J connectivity index is 2.19. The van der Waals surface area contributed by atoms with Crippen molar-refractivity contribution < 1.29 is 0 Å². The van der Waals surface area contributed by atoms with E-state index >= 15 is 0 Å². The summed E-state index contributed by atoms with van der Waals surface area (Å²) in [5.41, 5.74) is 1.93. The fourth-order valence-electron chi connectivity index (χ4n) is 1.77. The van der Waals surface area contributed by atoms with Gasteiger partial charge in [-0.05, 0) is 13.8 Å². The van der Waals surface area contributed by atoms with Crippen LogP contribution in [-0.4, -0.2) is 28.5 Å². The van der Waals surface area contributed by atoms with E-state index in [-0.39, 0.29) is 0 Å². The Bertz CT molecular complexity index is 595. The van der Waals surface area contributed by atoms with E-state index in [0.717, 1.165) is 22.8 Å². The van der Waals surface area contributed by atoms with Gasteiger partial charge in [0.1, 0.15) is 0 Å². The van der Waals surface area contributed by atoms with E-state index in [4.69, 9.17) is 6.42 Å². The first kappa shape index (κ1) is 13.5. The Kier molecular flexibility index (Phi) is 4.13.